The van der Waals surface area contributed by atoms with Gasteiger partial charge in [0.15, 0.2) is 18.0 Å². The first-order valence-corrected chi connectivity index (χ1v) is 13.5. The Bertz CT molecular complexity index is 1100. The lowest BCUT2D eigenvalue weighted by atomic mass is 9.45. The number of hydrogen-bond acceptors (Lipinski definition) is 7. The Balaban J connectivity index is 1.82. The first-order valence-electron chi connectivity index (χ1n) is 13.1. The topological polar surface area (TPSA) is 107 Å². The smallest absolute Gasteiger partial charge is 0.306 e. The summed E-state index contributed by atoms with van der Waals surface area (Å²) in [5.74, 6) is -4.19. The average molecular weight is 539 g/mol. The van der Waals surface area contributed by atoms with Crippen LogP contribution in [0.15, 0.2) is 23.6 Å². The molecular formula is C28H36ClFO7. The fourth-order valence-electron chi connectivity index (χ4n) is 8.08. The van der Waals surface area contributed by atoms with Gasteiger partial charge in [0, 0.05) is 29.6 Å². The maximum absolute atomic E-state index is 15.0. The minimum Gasteiger partial charge on any atom is -0.457 e. The molecule has 1 N–H and O–H groups in total. The Morgan fingerprint density at radius 3 is 2.43 bits per heavy atom. The van der Waals surface area contributed by atoms with Gasteiger partial charge in [-0.05, 0) is 49.2 Å². The summed E-state index contributed by atoms with van der Waals surface area (Å²) in [5.41, 5.74) is -3.45. The third-order valence-electron chi connectivity index (χ3n) is 9.90. The van der Waals surface area contributed by atoms with E-state index in [1.54, 1.807) is 26.8 Å². The molecule has 4 aliphatic carbocycles. The highest BCUT2D eigenvalue weighted by Crippen LogP contribution is 2.72. The molecule has 0 aliphatic heterocycles. The van der Waals surface area contributed by atoms with Crippen LogP contribution in [0.5, 0.6) is 0 Å². The van der Waals surface area contributed by atoms with Gasteiger partial charge in [0.1, 0.15) is 0 Å². The summed E-state index contributed by atoms with van der Waals surface area (Å²) >= 11 is 7.38. The maximum Gasteiger partial charge on any atom is 0.306 e. The highest BCUT2D eigenvalue weighted by atomic mass is 35.5. The van der Waals surface area contributed by atoms with E-state index in [1.807, 2.05) is 13.8 Å². The summed E-state index contributed by atoms with van der Waals surface area (Å²) in [4.78, 5) is 49.2. The predicted octanol–water partition coefficient (Wildman–Crippen LogP) is 4.38. The number of esters is 2. The normalized spacial score (nSPS) is 42.5. The molecule has 0 aromatic rings. The molecule has 3 fully saturated rings. The van der Waals surface area contributed by atoms with Gasteiger partial charge in [-0.25, -0.2) is 4.39 Å². The average Bonchev–Trinajstić information content (AvgIpc) is 3.07. The van der Waals surface area contributed by atoms with Crippen molar-refractivity contribution in [3.63, 3.8) is 0 Å². The molecule has 4 aliphatic rings. The maximum atomic E-state index is 15.0. The van der Waals surface area contributed by atoms with Crippen LogP contribution in [0.3, 0.4) is 0 Å². The van der Waals surface area contributed by atoms with Gasteiger partial charge in [0.2, 0.25) is 11.6 Å². The van der Waals surface area contributed by atoms with Crippen molar-refractivity contribution in [2.75, 3.05) is 6.61 Å². The largest absolute Gasteiger partial charge is 0.457 e. The first-order chi connectivity index (χ1) is 17.2. The molecule has 0 bridgehead atoms. The van der Waals surface area contributed by atoms with Gasteiger partial charge < -0.3 is 14.6 Å². The lowest BCUT2D eigenvalue weighted by Crippen LogP contribution is -2.69. The van der Waals surface area contributed by atoms with Crippen molar-refractivity contribution in [1.29, 1.82) is 0 Å². The number of aliphatic hydroxyl groups excluding tert-OH is 1. The zero-order valence-electron chi connectivity index (χ0n) is 22.1. The Kier molecular flexibility index (Phi) is 7.03. The number of aliphatic hydroxyl groups is 1. The molecule has 0 aromatic heterocycles. The second-order valence-electron chi connectivity index (χ2n) is 11.5. The zero-order chi connectivity index (χ0) is 27.6. The molecule has 8 atom stereocenters. The van der Waals surface area contributed by atoms with Gasteiger partial charge in [-0.1, -0.05) is 40.7 Å². The molecule has 0 spiro atoms. The van der Waals surface area contributed by atoms with E-state index in [1.165, 1.54) is 6.08 Å². The number of allylic oxidation sites excluding steroid dienone is 4. The lowest BCUT2D eigenvalue weighted by Gasteiger charge is -2.64. The number of carbonyl (C=O) groups is 4. The molecule has 0 amide bonds. The summed E-state index contributed by atoms with van der Waals surface area (Å²) in [6.45, 7) is 8.16. The molecule has 37 heavy (non-hydrogen) atoms. The van der Waals surface area contributed by atoms with Gasteiger partial charge >= 0.3 is 11.9 Å². The van der Waals surface area contributed by atoms with Crippen molar-refractivity contribution in [2.24, 2.45) is 28.6 Å². The van der Waals surface area contributed by atoms with E-state index in [9.17, 15) is 24.3 Å². The third-order valence-corrected chi connectivity index (χ3v) is 10.8. The lowest BCUT2D eigenvalue weighted by molar-refractivity contribution is -0.203. The van der Waals surface area contributed by atoms with E-state index in [0.717, 1.165) is 0 Å². The van der Waals surface area contributed by atoms with Gasteiger partial charge in [-0.2, -0.15) is 0 Å². The highest BCUT2D eigenvalue weighted by Gasteiger charge is 2.76. The van der Waals surface area contributed by atoms with Crippen molar-refractivity contribution < 1.29 is 38.1 Å². The fourth-order valence-corrected chi connectivity index (χ4v) is 8.60. The SMILES string of the molecule is CCC(=O)OCC(=O)[C@]1(OC(=O)CC)[C@@H](C)C[C@H]2[C@@H]3CCC4=C(F)C(=O)C=C[C@]4(C)[C@@]3(Cl)[C@@H](O)C[C@@]21C. The molecular weight excluding hydrogens is 503 g/mol. The minimum absolute atomic E-state index is 0.0126. The van der Waals surface area contributed by atoms with E-state index >= 15 is 4.39 Å². The van der Waals surface area contributed by atoms with Crippen molar-refractivity contribution in [3.05, 3.63) is 23.6 Å². The summed E-state index contributed by atoms with van der Waals surface area (Å²) < 4.78 is 26.2. The number of halogens is 2. The third kappa shape index (κ3) is 3.61. The van der Waals surface area contributed by atoms with Gasteiger partial charge in [-0.15, -0.1) is 11.6 Å². The van der Waals surface area contributed by atoms with Crippen LogP contribution in [0.1, 0.15) is 73.1 Å². The molecule has 4 rings (SSSR count). The Labute approximate surface area is 221 Å². The number of alkyl halides is 1. The van der Waals surface area contributed by atoms with Crippen LogP contribution in [0.4, 0.5) is 4.39 Å². The minimum atomic E-state index is -1.63. The quantitative estimate of drug-likeness (QED) is 0.395. The van der Waals surface area contributed by atoms with E-state index < -0.39 is 69.3 Å². The molecule has 0 heterocycles. The van der Waals surface area contributed by atoms with Crippen LogP contribution in [0, 0.1) is 28.6 Å². The standard InChI is InChI=1S/C28H36ClFO7/c1-6-22(34)36-14-21(33)28(37-23(35)7-2)15(3)12-18-16-8-9-17-24(30)19(31)10-11-25(17,4)27(16,29)20(32)13-26(18,28)5/h10-11,15-16,18,20,32H,6-9,12-14H2,1-5H3/t15-,16-,18-,20-,25-,26-,27-,28+/m0/s1. The number of carbonyl (C=O) groups excluding carboxylic acids is 4. The second kappa shape index (κ2) is 9.30. The number of ether oxygens (including phenoxy) is 2. The van der Waals surface area contributed by atoms with E-state index in [0.29, 0.717) is 18.4 Å². The molecule has 0 aromatic carbocycles. The summed E-state index contributed by atoms with van der Waals surface area (Å²) in [7, 11) is 0. The fraction of sp³-hybridized carbons (Fsp3) is 0.714. The molecule has 204 valence electrons. The van der Waals surface area contributed by atoms with E-state index in [2.05, 4.69) is 0 Å². The summed E-state index contributed by atoms with van der Waals surface area (Å²) in [5, 5.41) is 11.7. The van der Waals surface area contributed by atoms with Crippen LogP contribution in [0.2, 0.25) is 0 Å². The van der Waals surface area contributed by atoms with Crippen molar-refractivity contribution in [3.8, 4) is 0 Å². The zero-order valence-corrected chi connectivity index (χ0v) is 22.8. The van der Waals surface area contributed by atoms with Crippen LogP contribution in [-0.4, -0.2) is 51.8 Å². The van der Waals surface area contributed by atoms with E-state index in [-0.39, 0.29) is 37.5 Å². The number of rotatable bonds is 6. The number of ketones is 2. The number of Topliss-reactive ketones (excluding diaryl/α,β-unsaturated/α-hetero) is 1. The van der Waals surface area contributed by atoms with Crippen LogP contribution in [-0.2, 0) is 28.7 Å². The second-order valence-corrected chi connectivity index (χ2v) is 12.1. The van der Waals surface area contributed by atoms with Crippen LogP contribution < -0.4 is 0 Å². The Morgan fingerprint density at radius 2 is 1.81 bits per heavy atom. The molecule has 7 nitrogen and oxygen atoms in total. The number of fused-ring (bicyclic) bond motifs is 5. The van der Waals surface area contributed by atoms with Crippen LogP contribution in [0.25, 0.3) is 0 Å². The first kappa shape index (κ1) is 28.0. The monoisotopic (exact) mass is 538 g/mol. The molecule has 0 unspecified atom stereocenters. The summed E-state index contributed by atoms with van der Waals surface area (Å²) in [6.07, 6.45) is 2.92. The molecule has 3 saturated carbocycles. The molecule has 0 saturated heterocycles. The Morgan fingerprint density at radius 1 is 1.16 bits per heavy atom. The molecule has 9 heteroatoms. The van der Waals surface area contributed by atoms with E-state index in [4.69, 9.17) is 21.1 Å². The highest BCUT2D eigenvalue weighted by molar-refractivity contribution is 6.26. The van der Waals surface area contributed by atoms with Crippen molar-refractivity contribution in [2.45, 2.75) is 89.7 Å². The van der Waals surface area contributed by atoms with Crippen molar-refractivity contribution >= 4 is 35.1 Å². The number of hydrogen-bond donors (Lipinski definition) is 1. The van der Waals surface area contributed by atoms with Gasteiger partial charge in [0.05, 0.1) is 11.0 Å². The van der Waals surface area contributed by atoms with Gasteiger partial charge in [0.25, 0.3) is 0 Å². The predicted molar refractivity (Wildman–Crippen MR) is 133 cm³/mol. The summed E-state index contributed by atoms with van der Waals surface area (Å²) in [6, 6.07) is 0. The Hall–Kier alpha value is -2.06. The van der Waals surface area contributed by atoms with Crippen LogP contribution >= 0.6 is 11.6 Å². The van der Waals surface area contributed by atoms with Crippen molar-refractivity contribution in [1.82, 2.24) is 0 Å². The van der Waals surface area contributed by atoms with Gasteiger partial charge in [-0.3, -0.25) is 19.2 Å². The molecule has 0 radical (unpaired) electrons.